The van der Waals surface area contributed by atoms with Gasteiger partial charge in [-0.1, -0.05) is 30.3 Å². The first-order valence-electron chi connectivity index (χ1n) is 13.9. The van der Waals surface area contributed by atoms with Crippen LogP contribution in [0, 0.1) is 71.1 Å². The average molecular weight is 643 g/mol. The predicted octanol–water partition coefficient (Wildman–Crippen LogP) is 6.89. The van der Waals surface area contributed by atoms with E-state index in [4.69, 9.17) is 13.1 Å². The van der Waals surface area contributed by atoms with Crippen LogP contribution in [0.25, 0.3) is 65.6 Å². The van der Waals surface area contributed by atoms with Crippen molar-refractivity contribution in [1.29, 1.82) is 10.5 Å². The van der Waals surface area contributed by atoms with Crippen molar-refractivity contribution in [3.8, 4) is 56.6 Å². The molecule has 48 heavy (non-hydrogen) atoms. The topological polar surface area (TPSA) is 82.1 Å². The molecule has 7 rings (SSSR count). The average Bonchev–Trinajstić information content (AvgIpc) is 3.65. The van der Waals surface area contributed by atoms with Gasteiger partial charge in [0, 0.05) is 22.2 Å². The summed E-state index contributed by atoms with van der Waals surface area (Å²) >= 11 is 0. The summed E-state index contributed by atoms with van der Waals surface area (Å²) in [5, 5.41) is 20.6. The maximum Gasteiger partial charge on any atom is 0.269 e. The fraction of sp³-hybridized carbons (Fsp3) is 0.0556. The predicted molar refractivity (Wildman–Crippen MR) is 160 cm³/mol. The molecule has 2 aliphatic carbocycles. The van der Waals surface area contributed by atoms with Crippen molar-refractivity contribution in [3.63, 3.8) is 0 Å². The second kappa shape index (κ2) is 10.9. The Hall–Kier alpha value is -6.76. The summed E-state index contributed by atoms with van der Waals surface area (Å²) in [5.41, 5.74) is 1.96. The van der Waals surface area contributed by atoms with Gasteiger partial charge in [-0.3, -0.25) is 0 Å². The lowest BCUT2D eigenvalue weighted by Gasteiger charge is -2.13. The number of halogens is 6. The summed E-state index contributed by atoms with van der Waals surface area (Å²) < 4.78 is 86.1. The zero-order valence-electron chi connectivity index (χ0n) is 24.0. The first kappa shape index (κ1) is 29.9. The van der Waals surface area contributed by atoms with Gasteiger partial charge in [-0.15, -0.1) is 0 Å². The van der Waals surface area contributed by atoms with E-state index >= 15 is 0 Å². The van der Waals surface area contributed by atoms with Gasteiger partial charge in [0.05, 0.1) is 30.8 Å². The van der Waals surface area contributed by atoms with Crippen molar-refractivity contribution in [3.05, 3.63) is 139 Å². The Morgan fingerprint density at radius 2 is 1.12 bits per heavy atom. The minimum absolute atomic E-state index is 0.0419. The fourth-order valence-corrected chi connectivity index (χ4v) is 6.65. The zero-order valence-corrected chi connectivity index (χ0v) is 24.0. The van der Waals surface area contributed by atoms with Gasteiger partial charge in [0.25, 0.3) is 23.3 Å². The van der Waals surface area contributed by atoms with E-state index in [0.29, 0.717) is 50.1 Å². The van der Waals surface area contributed by atoms with Crippen molar-refractivity contribution in [2.24, 2.45) is 0 Å². The number of pyridine rings is 2. The molecular weight excluding hydrogens is 630 g/mol. The molecule has 0 aliphatic heterocycles. The minimum Gasteiger partial charge on any atom is -0.226 e. The summed E-state index contributed by atoms with van der Waals surface area (Å²) in [6, 6.07) is 13.9. The van der Waals surface area contributed by atoms with Crippen molar-refractivity contribution >= 4 is 11.4 Å². The third-order valence-electron chi connectivity index (χ3n) is 8.54. The van der Waals surface area contributed by atoms with Gasteiger partial charge >= 0.3 is 0 Å². The van der Waals surface area contributed by atoms with Crippen molar-refractivity contribution in [2.75, 3.05) is 0 Å². The van der Waals surface area contributed by atoms with Crippen LogP contribution in [0.4, 0.5) is 26.3 Å². The van der Waals surface area contributed by atoms with E-state index in [1.165, 1.54) is 30.3 Å². The molecule has 2 heterocycles. The number of rotatable bonds is 2. The molecule has 0 spiro atoms. The maximum absolute atomic E-state index is 14.7. The Balaban J connectivity index is 1.55. The highest BCUT2D eigenvalue weighted by molar-refractivity contribution is 5.93. The minimum atomic E-state index is -1.83. The summed E-state index contributed by atoms with van der Waals surface area (Å²) in [7, 11) is 0. The first-order valence-corrected chi connectivity index (χ1v) is 13.9. The summed E-state index contributed by atoms with van der Waals surface area (Å²) in [6.45, 7) is 15.6. The molecule has 0 atom stereocenters. The lowest BCUT2D eigenvalue weighted by molar-refractivity contribution is 0.410. The standard InChI is InChI=1S/C36H12F6N6/c1-45-24(13-43)29-22-11-17-9-15(21-7-8-47-34(40)31(21)37)3-5-19(17)27(22)30(25(14-44)46-2)23-12-18-10-16(4-6-20(18)28(23)29)26-32(38)35(41)48-36(42)33(26)39/h3-10H,11-12H2/b29-24+,30-25-. The molecule has 0 saturated heterocycles. The van der Waals surface area contributed by atoms with Crippen LogP contribution in [0.1, 0.15) is 22.3 Å². The molecule has 2 aliphatic rings. The van der Waals surface area contributed by atoms with E-state index in [1.807, 2.05) is 12.1 Å². The van der Waals surface area contributed by atoms with Crippen LogP contribution in [0.2, 0.25) is 0 Å². The maximum atomic E-state index is 14.7. The molecule has 0 N–H and O–H groups in total. The fourth-order valence-electron chi connectivity index (χ4n) is 6.65. The van der Waals surface area contributed by atoms with Gasteiger partial charge in [0.2, 0.25) is 5.95 Å². The molecule has 0 bridgehead atoms. The zero-order chi connectivity index (χ0) is 34.0. The smallest absolute Gasteiger partial charge is 0.226 e. The second-order valence-electron chi connectivity index (χ2n) is 10.9. The van der Waals surface area contributed by atoms with Crippen LogP contribution >= 0.6 is 0 Å². The van der Waals surface area contributed by atoms with E-state index < -0.39 is 40.9 Å². The molecule has 6 nitrogen and oxygen atoms in total. The molecule has 2 aromatic heterocycles. The second-order valence-corrected chi connectivity index (χ2v) is 10.9. The van der Waals surface area contributed by atoms with Crippen LogP contribution in [-0.4, -0.2) is 9.97 Å². The Morgan fingerprint density at radius 1 is 0.625 bits per heavy atom. The first-order chi connectivity index (χ1) is 23.1. The molecular formula is C36H12F6N6. The highest BCUT2D eigenvalue weighted by atomic mass is 19.2. The highest BCUT2D eigenvalue weighted by Crippen LogP contribution is 2.43. The monoisotopic (exact) mass is 642 g/mol. The lowest BCUT2D eigenvalue weighted by Crippen LogP contribution is -2.25. The summed E-state index contributed by atoms with van der Waals surface area (Å²) in [4.78, 5) is 12.9. The molecule has 0 fully saturated rings. The van der Waals surface area contributed by atoms with Crippen LogP contribution in [0.5, 0.6) is 0 Å². The quantitative estimate of drug-likeness (QED) is 0.117. The van der Waals surface area contributed by atoms with E-state index in [2.05, 4.69) is 19.7 Å². The molecule has 0 amide bonds. The molecule has 228 valence electrons. The van der Waals surface area contributed by atoms with E-state index in [-0.39, 0.29) is 45.8 Å². The number of nitrogens with zero attached hydrogens (tertiary/aromatic N) is 6. The van der Waals surface area contributed by atoms with Gasteiger partial charge in [-0.05, 0) is 80.6 Å². The molecule has 5 aromatic rings. The van der Waals surface area contributed by atoms with Gasteiger partial charge in [-0.2, -0.15) is 18.2 Å². The van der Waals surface area contributed by atoms with E-state index in [0.717, 1.165) is 6.20 Å². The van der Waals surface area contributed by atoms with Crippen LogP contribution in [0.15, 0.2) is 48.7 Å². The number of fused-ring (bicyclic) bond motifs is 6. The van der Waals surface area contributed by atoms with Gasteiger partial charge in [0.1, 0.15) is 0 Å². The van der Waals surface area contributed by atoms with Crippen LogP contribution in [-0.2, 0) is 12.8 Å². The number of aromatic nitrogens is 2. The van der Waals surface area contributed by atoms with Gasteiger partial charge < -0.3 is 0 Å². The summed E-state index contributed by atoms with van der Waals surface area (Å²) in [5.74, 6) is -9.49. The molecule has 0 unspecified atom stereocenters. The van der Waals surface area contributed by atoms with Crippen LogP contribution in [0.3, 0.4) is 0 Å². The normalized spacial score (nSPS) is 13.2. The van der Waals surface area contributed by atoms with E-state index in [1.54, 1.807) is 12.1 Å². The molecule has 0 saturated carbocycles. The Morgan fingerprint density at radius 3 is 1.62 bits per heavy atom. The Labute approximate surface area is 267 Å². The van der Waals surface area contributed by atoms with Gasteiger partial charge in [-0.25, -0.2) is 38.4 Å². The van der Waals surface area contributed by atoms with E-state index in [9.17, 15) is 36.9 Å². The third-order valence-corrected chi connectivity index (χ3v) is 8.54. The Bertz CT molecular complexity index is 2580. The Kier molecular flexibility index (Phi) is 6.82. The number of hydrogen-bond acceptors (Lipinski definition) is 4. The van der Waals surface area contributed by atoms with Crippen molar-refractivity contribution in [2.45, 2.75) is 12.8 Å². The molecule has 3 aromatic carbocycles. The molecule has 12 heteroatoms. The molecule has 0 radical (unpaired) electrons. The lowest BCUT2D eigenvalue weighted by atomic mass is 9.90. The SMILES string of the molecule is [C-]#[N+]/C(C#N)=c1/c2c(/c(=C(\C#N)[N+]#[C-])c3c1-c1ccc(-c4ccnc(F)c4F)cc1C3)-c1ccc(-c3c(F)c(F)nc(F)c3F)cc1C2. The highest BCUT2D eigenvalue weighted by Gasteiger charge is 2.33. The number of benzene rings is 3. The third kappa shape index (κ3) is 4.17. The van der Waals surface area contributed by atoms with Crippen LogP contribution < -0.4 is 10.4 Å². The van der Waals surface area contributed by atoms with Gasteiger partial charge in [0.15, 0.2) is 17.5 Å². The van der Waals surface area contributed by atoms with Crippen molar-refractivity contribution in [1.82, 2.24) is 9.97 Å². The van der Waals surface area contributed by atoms with Crippen molar-refractivity contribution < 1.29 is 26.3 Å². The number of nitriles is 2. The number of hydrogen-bond donors (Lipinski definition) is 0. The largest absolute Gasteiger partial charge is 0.269 e. The summed E-state index contributed by atoms with van der Waals surface area (Å²) in [6.07, 6.45) is 1.16.